The van der Waals surface area contributed by atoms with Crippen LogP contribution in [0.4, 0.5) is 0 Å². The summed E-state index contributed by atoms with van der Waals surface area (Å²) in [6.07, 6.45) is 0. The average Bonchev–Trinajstić information content (AvgIpc) is 2.98. The van der Waals surface area contributed by atoms with E-state index in [2.05, 4.69) is 5.32 Å². The number of hydrogen-bond acceptors (Lipinski definition) is 3. The fourth-order valence-electron chi connectivity index (χ4n) is 3.77. The van der Waals surface area contributed by atoms with Crippen LogP contribution < -0.4 is 5.32 Å². The molecule has 1 spiro atoms. The maximum absolute atomic E-state index is 12.8. The van der Waals surface area contributed by atoms with Crippen molar-refractivity contribution in [3.8, 4) is 0 Å². The number of hydrogen-bond donors (Lipinski definition) is 1. The summed E-state index contributed by atoms with van der Waals surface area (Å²) in [5.74, 6) is -0.297. The summed E-state index contributed by atoms with van der Waals surface area (Å²) in [6, 6.07) is 19.1. The molecule has 1 N–H and O–H groups in total. The third kappa shape index (κ3) is 2.70. The fourth-order valence-corrected chi connectivity index (χ4v) is 3.77. The van der Waals surface area contributed by atoms with E-state index in [9.17, 15) is 9.59 Å². The highest BCUT2D eigenvalue weighted by Gasteiger charge is 2.55. The van der Waals surface area contributed by atoms with Gasteiger partial charge in [0.05, 0.1) is 13.2 Å². The molecule has 2 fully saturated rings. The minimum Gasteiger partial charge on any atom is -0.361 e. The van der Waals surface area contributed by atoms with E-state index in [1.165, 1.54) is 0 Å². The van der Waals surface area contributed by atoms with Crippen molar-refractivity contribution in [1.82, 2.24) is 10.2 Å². The molecule has 2 aliphatic rings. The largest absolute Gasteiger partial charge is 0.361 e. The van der Waals surface area contributed by atoms with Gasteiger partial charge in [-0.1, -0.05) is 48.5 Å². The number of morpholine rings is 1. The van der Waals surface area contributed by atoms with Gasteiger partial charge < -0.3 is 15.0 Å². The van der Waals surface area contributed by atoms with Crippen molar-refractivity contribution < 1.29 is 14.3 Å². The lowest BCUT2D eigenvalue weighted by Gasteiger charge is -2.41. The Morgan fingerprint density at radius 1 is 1.08 bits per heavy atom. The molecule has 128 valence electrons. The Morgan fingerprint density at radius 3 is 2.48 bits per heavy atom. The number of carbonyl (C=O) groups excluding carboxylic acids is 2. The van der Waals surface area contributed by atoms with Crippen molar-refractivity contribution in [3.05, 3.63) is 71.8 Å². The lowest BCUT2D eigenvalue weighted by atomic mass is 9.83. The van der Waals surface area contributed by atoms with Gasteiger partial charge in [-0.3, -0.25) is 9.59 Å². The van der Waals surface area contributed by atoms with E-state index in [-0.39, 0.29) is 24.3 Å². The zero-order valence-corrected chi connectivity index (χ0v) is 13.9. The SMILES string of the molecule is O=C(c1ccccc1)N1CCOC2(C1)C(=O)NCC2c1ccccc1. The van der Waals surface area contributed by atoms with Gasteiger partial charge in [0.2, 0.25) is 0 Å². The first-order valence-electron chi connectivity index (χ1n) is 8.52. The zero-order valence-electron chi connectivity index (χ0n) is 13.9. The Morgan fingerprint density at radius 2 is 1.76 bits per heavy atom. The summed E-state index contributed by atoms with van der Waals surface area (Å²) < 4.78 is 6.02. The summed E-state index contributed by atoms with van der Waals surface area (Å²) in [5, 5.41) is 2.93. The van der Waals surface area contributed by atoms with Gasteiger partial charge in [0.15, 0.2) is 5.60 Å². The van der Waals surface area contributed by atoms with Crippen LogP contribution in [0.3, 0.4) is 0 Å². The van der Waals surface area contributed by atoms with E-state index < -0.39 is 5.60 Å². The van der Waals surface area contributed by atoms with Crippen molar-refractivity contribution in [2.75, 3.05) is 26.2 Å². The minimum atomic E-state index is -1.01. The van der Waals surface area contributed by atoms with E-state index in [0.29, 0.717) is 25.3 Å². The highest BCUT2D eigenvalue weighted by Crippen LogP contribution is 2.38. The minimum absolute atomic E-state index is 0.0604. The molecule has 25 heavy (non-hydrogen) atoms. The Bertz CT molecular complexity index is 778. The van der Waals surface area contributed by atoms with E-state index in [1.807, 2.05) is 48.5 Å². The first-order valence-corrected chi connectivity index (χ1v) is 8.52. The van der Waals surface area contributed by atoms with Crippen LogP contribution >= 0.6 is 0 Å². The van der Waals surface area contributed by atoms with Crippen LogP contribution in [0.5, 0.6) is 0 Å². The lowest BCUT2D eigenvalue weighted by Crippen LogP contribution is -2.59. The molecule has 5 heteroatoms. The van der Waals surface area contributed by atoms with E-state index in [4.69, 9.17) is 4.74 Å². The summed E-state index contributed by atoms with van der Waals surface area (Å²) >= 11 is 0. The number of nitrogens with zero attached hydrogens (tertiary/aromatic N) is 1. The first-order chi connectivity index (χ1) is 12.2. The molecular weight excluding hydrogens is 316 g/mol. The number of amides is 2. The van der Waals surface area contributed by atoms with Crippen molar-refractivity contribution in [3.63, 3.8) is 0 Å². The van der Waals surface area contributed by atoms with Crippen LogP contribution in [-0.2, 0) is 9.53 Å². The highest BCUT2D eigenvalue weighted by molar-refractivity contribution is 5.96. The number of carbonyl (C=O) groups is 2. The molecule has 2 amide bonds. The molecule has 0 aliphatic carbocycles. The fraction of sp³-hybridized carbons (Fsp3) is 0.300. The van der Waals surface area contributed by atoms with Crippen LogP contribution in [0, 0.1) is 0 Å². The third-order valence-corrected chi connectivity index (χ3v) is 5.07. The monoisotopic (exact) mass is 336 g/mol. The highest BCUT2D eigenvalue weighted by atomic mass is 16.5. The molecule has 2 aromatic rings. The van der Waals surface area contributed by atoms with Crippen LogP contribution in [0.1, 0.15) is 21.8 Å². The Hall–Kier alpha value is -2.66. The standard InChI is InChI=1S/C20H20N2O3/c23-18(16-9-5-2-6-10-16)22-11-12-25-20(14-22)17(13-21-19(20)24)15-7-3-1-4-8-15/h1-10,17H,11-14H2,(H,21,24). The topological polar surface area (TPSA) is 58.6 Å². The lowest BCUT2D eigenvalue weighted by molar-refractivity contribution is -0.153. The van der Waals surface area contributed by atoms with Crippen molar-refractivity contribution in [2.24, 2.45) is 0 Å². The molecule has 0 saturated carbocycles. The second kappa shape index (κ2) is 6.33. The Balaban J connectivity index is 1.64. The average molecular weight is 336 g/mol. The molecule has 0 bridgehead atoms. The molecule has 5 nitrogen and oxygen atoms in total. The van der Waals surface area contributed by atoms with Gasteiger partial charge >= 0.3 is 0 Å². The molecule has 0 radical (unpaired) electrons. The van der Waals surface area contributed by atoms with Crippen molar-refractivity contribution in [1.29, 1.82) is 0 Å². The normalized spacial score (nSPS) is 25.8. The number of benzene rings is 2. The Kier molecular flexibility index (Phi) is 4.01. The maximum atomic E-state index is 12.8. The van der Waals surface area contributed by atoms with E-state index in [0.717, 1.165) is 5.56 Å². The number of rotatable bonds is 2. The molecule has 0 aromatic heterocycles. The quantitative estimate of drug-likeness (QED) is 0.910. The van der Waals surface area contributed by atoms with Gasteiger partial charge in [-0.15, -0.1) is 0 Å². The molecule has 2 unspecified atom stereocenters. The first kappa shape index (κ1) is 15.8. The van der Waals surface area contributed by atoms with Gasteiger partial charge in [0, 0.05) is 24.6 Å². The number of nitrogens with one attached hydrogen (secondary N) is 1. The molecule has 2 heterocycles. The maximum Gasteiger partial charge on any atom is 0.254 e. The molecular formula is C20H20N2O3. The smallest absolute Gasteiger partial charge is 0.254 e. The van der Waals surface area contributed by atoms with Crippen LogP contribution in [0.15, 0.2) is 60.7 Å². The van der Waals surface area contributed by atoms with E-state index >= 15 is 0 Å². The second-order valence-electron chi connectivity index (χ2n) is 6.50. The summed E-state index contributed by atoms with van der Waals surface area (Å²) in [4.78, 5) is 27.2. The van der Waals surface area contributed by atoms with Crippen molar-refractivity contribution in [2.45, 2.75) is 11.5 Å². The molecule has 4 rings (SSSR count). The van der Waals surface area contributed by atoms with E-state index in [1.54, 1.807) is 17.0 Å². The molecule has 2 saturated heterocycles. The summed E-state index contributed by atoms with van der Waals surface area (Å²) in [7, 11) is 0. The second-order valence-corrected chi connectivity index (χ2v) is 6.50. The van der Waals surface area contributed by atoms with Crippen LogP contribution in [0.25, 0.3) is 0 Å². The molecule has 2 atom stereocenters. The van der Waals surface area contributed by atoms with Gasteiger partial charge in [-0.25, -0.2) is 0 Å². The van der Waals surface area contributed by atoms with Gasteiger partial charge in [0.1, 0.15) is 0 Å². The van der Waals surface area contributed by atoms with Gasteiger partial charge in [-0.05, 0) is 17.7 Å². The van der Waals surface area contributed by atoms with Crippen LogP contribution in [0.2, 0.25) is 0 Å². The predicted octanol–water partition coefficient (Wildman–Crippen LogP) is 1.81. The summed E-state index contributed by atoms with van der Waals surface area (Å²) in [5.41, 5.74) is 0.674. The van der Waals surface area contributed by atoms with Crippen molar-refractivity contribution >= 4 is 11.8 Å². The zero-order chi connectivity index (χ0) is 17.3. The van der Waals surface area contributed by atoms with Crippen LogP contribution in [-0.4, -0.2) is 48.6 Å². The third-order valence-electron chi connectivity index (χ3n) is 5.07. The molecule has 2 aliphatic heterocycles. The summed E-state index contributed by atoms with van der Waals surface area (Å²) in [6.45, 7) is 1.64. The van der Waals surface area contributed by atoms with Gasteiger partial charge in [0.25, 0.3) is 11.8 Å². The molecule has 2 aromatic carbocycles. The van der Waals surface area contributed by atoms with Gasteiger partial charge in [-0.2, -0.15) is 0 Å². The number of ether oxygens (including phenoxy) is 1. The predicted molar refractivity (Wildman–Crippen MR) is 93.2 cm³/mol. The Labute approximate surface area is 146 Å².